The van der Waals surface area contributed by atoms with Gasteiger partial charge in [-0.3, -0.25) is 4.79 Å². The molecule has 0 saturated carbocycles. The fourth-order valence-corrected chi connectivity index (χ4v) is 4.94. The predicted molar refractivity (Wildman–Crippen MR) is 154 cm³/mol. The van der Waals surface area contributed by atoms with Gasteiger partial charge in [-0.05, 0) is 48.0 Å². The summed E-state index contributed by atoms with van der Waals surface area (Å²) in [6.45, 7) is 0. The van der Waals surface area contributed by atoms with E-state index in [0.29, 0.717) is 37.6 Å². The van der Waals surface area contributed by atoms with Crippen LogP contribution in [0.3, 0.4) is 0 Å². The Bertz CT molecular complexity index is 1690. The molecule has 4 aromatic carbocycles. The number of nitrogens with zero attached hydrogens (tertiary/aromatic N) is 1. The lowest BCUT2D eigenvalue weighted by atomic mass is 10.0. The highest BCUT2D eigenvalue weighted by Gasteiger charge is 2.21. The van der Waals surface area contributed by atoms with Gasteiger partial charge in [0, 0.05) is 31.5 Å². The quantitative estimate of drug-likeness (QED) is 0.0892. The van der Waals surface area contributed by atoms with Gasteiger partial charge in [0.2, 0.25) is 0 Å². The molecule has 1 aromatic heterocycles. The second-order valence-corrected chi connectivity index (χ2v) is 9.95. The first-order chi connectivity index (χ1) is 18.4. The maximum absolute atomic E-state index is 13.3. The summed E-state index contributed by atoms with van der Waals surface area (Å²) in [6, 6.07) is 26.5. The minimum Gasteiger partial charge on any atom is -0.422 e. The van der Waals surface area contributed by atoms with Crippen LogP contribution in [-0.4, -0.2) is 23.1 Å². The topological polar surface area (TPSA) is 83.5 Å². The van der Waals surface area contributed by atoms with Crippen LogP contribution in [0.15, 0.2) is 101 Å². The Morgan fingerprint density at radius 1 is 0.921 bits per heavy atom. The molecule has 0 unspecified atom stereocenters. The number of hydrogen-bond acceptors (Lipinski definition) is 4. The molecule has 1 amide bonds. The summed E-state index contributed by atoms with van der Waals surface area (Å²) in [7, 11) is 0. The second kappa shape index (κ2) is 11.2. The van der Waals surface area contributed by atoms with Gasteiger partial charge in [0.05, 0.1) is 16.8 Å². The maximum atomic E-state index is 13.3. The molecule has 0 fully saturated rings. The average Bonchev–Trinajstić information content (AvgIpc) is 3.31. The van der Waals surface area contributed by atoms with Crippen molar-refractivity contribution in [2.45, 2.75) is 0 Å². The number of halogens is 3. The van der Waals surface area contributed by atoms with Crippen molar-refractivity contribution >= 4 is 68.1 Å². The molecule has 0 saturated heterocycles. The first kappa shape index (κ1) is 25.7. The molecule has 0 aliphatic rings. The first-order valence-electron chi connectivity index (χ1n) is 11.4. The van der Waals surface area contributed by atoms with Crippen molar-refractivity contribution in [2.24, 2.45) is 5.10 Å². The van der Waals surface area contributed by atoms with E-state index < -0.39 is 11.9 Å². The van der Waals surface area contributed by atoms with Gasteiger partial charge in [0.1, 0.15) is 11.4 Å². The number of esters is 1. The fourth-order valence-electron chi connectivity index (χ4n) is 3.97. The van der Waals surface area contributed by atoms with Crippen LogP contribution in [0.2, 0.25) is 10.0 Å². The molecule has 0 radical (unpaired) electrons. The molecule has 0 spiro atoms. The average molecular weight is 607 g/mol. The van der Waals surface area contributed by atoms with E-state index in [1.165, 1.54) is 6.21 Å². The lowest BCUT2D eigenvalue weighted by Crippen LogP contribution is -2.19. The van der Waals surface area contributed by atoms with Crippen LogP contribution in [0.4, 0.5) is 0 Å². The molecule has 0 aliphatic carbocycles. The normalized spacial score (nSPS) is 11.1. The van der Waals surface area contributed by atoms with Gasteiger partial charge in [0.25, 0.3) is 5.91 Å². The summed E-state index contributed by atoms with van der Waals surface area (Å²) in [5.41, 5.74) is 5.79. The minimum atomic E-state index is -0.507. The highest BCUT2D eigenvalue weighted by atomic mass is 79.9. The molecule has 5 aromatic rings. The smallest absolute Gasteiger partial charge is 0.343 e. The van der Waals surface area contributed by atoms with Gasteiger partial charge in [-0.15, -0.1) is 0 Å². The summed E-state index contributed by atoms with van der Waals surface area (Å²) in [4.78, 5) is 29.0. The maximum Gasteiger partial charge on any atom is 0.343 e. The van der Waals surface area contributed by atoms with Crippen molar-refractivity contribution in [2.75, 3.05) is 0 Å². The van der Waals surface area contributed by atoms with Crippen LogP contribution in [-0.2, 0) is 0 Å². The Balaban J connectivity index is 1.44. The number of benzene rings is 4. The zero-order valence-corrected chi connectivity index (χ0v) is 22.6. The van der Waals surface area contributed by atoms with E-state index in [9.17, 15) is 9.59 Å². The van der Waals surface area contributed by atoms with Crippen molar-refractivity contribution in [1.29, 1.82) is 0 Å². The number of rotatable bonds is 6. The van der Waals surface area contributed by atoms with Crippen molar-refractivity contribution in [3.8, 4) is 16.9 Å². The van der Waals surface area contributed by atoms with E-state index >= 15 is 0 Å². The Labute approximate surface area is 236 Å². The zero-order valence-electron chi connectivity index (χ0n) is 19.5. The molecular weight excluding hydrogens is 589 g/mol. The highest BCUT2D eigenvalue weighted by Crippen LogP contribution is 2.38. The number of carbonyl (C=O) groups excluding carboxylic acids is 2. The number of carbonyl (C=O) groups is 2. The number of aromatic amines is 1. The molecule has 9 heteroatoms. The first-order valence-corrected chi connectivity index (χ1v) is 12.9. The SMILES string of the molecule is O=C(Oc1ccc(Br)cc1C=NNC(=O)c1[nH]c2cc(Cl)cc(Cl)c2c1-c1ccccc1)c1ccccc1. The summed E-state index contributed by atoms with van der Waals surface area (Å²) in [5, 5.41) is 5.67. The van der Waals surface area contributed by atoms with Crippen LogP contribution in [0.25, 0.3) is 22.0 Å². The van der Waals surface area contributed by atoms with Crippen LogP contribution in [0.1, 0.15) is 26.4 Å². The van der Waals surface area contributed by atoms with Gasteiger partial charge in [0.15, 0.2) is 0 Å². The molecule has 0 atom stereocenters. The molecule has 6 nitrogen and oxygen atoms in total. The third-order valence-electron chi connectivity index (χ3n) is 5.66. The van der Waals surface area contributed by atoms with Crippen molar-refractivity contribution < 1.29 is 14.3 Å². The summed E-state index contributed by atoms with van der Waals surface area (Å²) in [6.07, 6.45) is 1.41. The van der Waals surface area contributed by atoms with Gasteiger partial charge >= 0.3 is 5.97 Å². The lowest BCUT2D eigenvalue weighted by Gasteiger charge is -2.08. The van der Waals surface area contributed by atoms with Crippen molar-refractivity contribution in [1.82, 2.24) is 10.4 Å². The number of hydrazone groups is 1. The number of nitrogens with one attached hydrogen (secondary N) is 2. The third kappa shape index (κ3) is 5.50. The van der Waals surface area contributed by atoms with Gasteiger partial charge in [-0.25, -0.2) is 10.2 Å². The molecular formula is C29H18BrCl2N3O3. The Morgan fingerprint density at radius 2 is 1.63 bits per heavy atom. The predicted octanol–water partition coefficient (Wildman–Crippen LogP) is 7.89. The summed E-state index contributed by atoms with van der Waals surface area (Å²) < 4.78 is 6.32. The zero-order chi connectivity index (χ0) is 26.6. The number of amides is 1. The largest absolute Gasteiger partial charge is 0.422 e. The number of fused-ring (bicyclic) bond motifs is 1. The summed E-state index contributed by atoms with van der Waals surface area (Å²) >= 11 is 16.1. The van der Waals surface area contributed by atoms with Gasteiger partial charge in [-0.1, -0.05) is 87.7 Å². The van der Waals surface area contributed by atoms with Crippen LogP contribution >= 0.6 is 39.1 Å². The molecule has 188 valence electrons. The molecule has 2 N–H and O–H groups in total. The minimum absolute atomic E-state index is 0.275. The number of H-pyrrole nitrogens is 1. The molecule has 5 rings (SSSR count). The van der Waals surface area contributed by atoms with Gasteiger partial charge < -0.3 is 9.72 Å². The fraction of sp³-hybridized carbons (Fsp3) is 0. The van der Waals surface area contributed by atoms with E-state index in [1.807, 2.05) is 36.4 Å². The van der Waals surface area contributed by atoms with Gasteiger partial charge in [-0.2, -0.15) is 5.10 Å². The van der Waals surface area contributed by atoms with Crippen LogP contribution < -0.4 is 10.2 Å². The molecule has 0 bridgehead atoms. The highest BCUT2D eigenvalue weighted by molar-refractivity contribution is 9.10. The lowest BCUT2D eigenvalue weighted by molar-refractivity contribution is 0.0734. The Morgan fingerprint density at radius 3 is 2.37 bits per heavy atom. The van der Waals surface area contributed by atoms with Crippen molar-refractivity contribution in [3.05, 3.63) is 122 Å². The van der Waals surface area contributed by atoms with Crippen LogP contribution in [0.5, 0.6) is 5.75 Å². The molecule has 38 heavy (non-hydrogen) atoms. The third-order valence-corrected chi connectivity index (χ3v) is 6.67. The van der Waals surface area contributed by atoms with E-state index in [2.05, 4.69) is 31.4 Å². The molecule has 1 heterocycles. The van der Waals surface area contributed by atoms with Crippen molar-refractivity contribution in [3.63, 3.8) is 0 Å². The second-order valence-electron chi connectivity index (χ2n) is 8.19. The van der Waals surface area contributed by atoms with Crippen LogP contribution in [0, 0.1) is 0 Å². The number of hydrogen-bond donors (Lipinski definition) is 2. The van der Waals surface area contributed by atoms with E-state index in [4.69, 9.17) is 27.9 Å². The summed E-state index contributed by atoms with van der Waals surface area (Å²) in [5.74, 6) is -0.703. The Hall–Kier alpha value is -3.91. The number of ether oxygens (including phenoxy) is 1. The standard InChI is InChI=1S/C29H18BrCl2N3O3/c30-20-11-12-24(38-29(37)18-9-5-2-6-10-18)19(13-20)16-33-35-28(36)27-25(17-7-3-1-4-8-17)26-22(32)14-21(31)15-23(26)34-27/h1-16,34H,(H,35,36). The Kier molecular flexibility index (Phi) is 7.60. The molecule has 0 aliphatic heterocycles. The van der Waals surface area contributed by atoms with E-state index in [1.54, 1.807) is 54.6 Å². The monoisotopic (exact) mass is 605 g/mol. The van der Waals surface area contributed by atoms with E-state index in [-0.39, 0.29) is 11.4 Å². The number of aromatic nitrogens is 1. The van der Waals surface area contributed by atoms with E-state index in [0.717, 1.165) is 10.0 Å².